The Kier molecular flexibility index (Phi) is 5.16. The molecular formula is C17H13F3O3. The molecule has 0 radical (unpaired) electrons. The van der Waals surface area contributed by atoms with Gasteiger partial charge in [0.25, 0.3) is 0 Å². The van der Waals surface area contributed by atoms with E-state index < -0.39 is 30.1 Å². The molecule has 0 N–H and O–H groups in total. The van der Waals surface area contributed by atoms with E-state index in [1.807, 2.05) is 0 Å². The lowest BCUT2D eigenvalue weighted by atomic mass is 10.1. The number of halogens is 3. The summed E-state index contributed by atoms with van der Waals surface area (Å²) in [6.07, 6.45) is -4.53. The molecular weight excluding hydrogens is 309 g/mol. The van der Waals surface area contributed by atoms with E-state index in [0.717, 1.165) is 23.8 Å². The molecule has 2 aromatic rings. The minimum Gasteiger partial charge on any atom is -0.457 e. The predicted molar refractivity (Wildman–Crippen MR) is 76.9 cm³/mol. The van der Waals surface area contributed by atoms with Crippen LogP contribution in [0.15, 0.2) is 54.6 Å². The number of hydrogen-bond acceptors (Lipinski definition) is 3. The van der Waals surface area contributed by atoms with Gasteiger partial charge in [0.1, 0.15) is 0 Å². The topological polar surface area (TPSA) is 43.4 Å². The first-order chi connectivity index (χ1) is 10.9. The number of alkyl halides is 3. The maximum atomic E-state index is 12.6. The van der Waals surface area contributed by atoms with E-state index in [4.69, 9.17) is 4.74 Å². The molecule has 0 aliphatic rings. The van der Waals surface area contributed by atoms with Gasteiger partial charge in [-0.05, 0) is 17.7 Å². The third-order valence-corrected chi connectivity index (χ3v) is 3.07. The van der Waals surface area contributed by atoms with Crippen molar-refractivity contribution in [1.82, 2.24) is 0 Å². The molecule has 0 saturated heterocycles. The number of carbonyl (C=O) groups is 2. The van der Waals surface area contributed by atoms with Crippen molar-refractivity contribution >= 4 is 11.8 Å². The summed E-state index contributed by atoms with van der Waals surface area (Å²) >= 11 is 0. The number of hydrogen-bond donors (Lipinski definition) is 0. The van der Waals surface area contributed by atoms with Gasteiger partial charge in [-0.15, -0.1) is 0 Å². The summed E-state index contributed by atoms with van der Waals surface area (Å²) in [5.41, 5.74) is -0.338. The van der Waals surface area contributed by atoms with Gasteiger partial charge in [-0.3, -0.25) is 9.59 Å². The quantitative estimate of drug-likeness (QED) is 0.623. The lowest BCUT2D eigenvalue weighted by molar-refractivity contribution is -0.141. The van der Waals surface area contributed by atoms with E-state index in [2.05, 4.69) is 0 Å². The molecule has 0 heterocycles. The Morgan fingerprint density at radius 3 is 2.30 bits per heavy atom. The molecule has 2 aromatic carbocycles. The lowest BCUT2D eigenvalue weighted by Gasteiger charge is -2.08. The van der Waals surface area contributed by atoms with Gasteiger partial charge in [-0.2, -0.15) is 13.2 Å². The maximum absolute atomic E-state index is 12.6. The zero-order valence-corrected chi connectivity index (χ0v) is 12.0. The maximum Gasteiger partial charge on any atom is 0.416 e. The Morgan fingerprint density at radius 2 is 1.65 bits per heavy atom. The normalized spacial score (nSPS) is 11.1. The summed E-state index contributed by atoms with van der Waals surface area (Å²) < 4.78 is 42.6. The van der Waals surface area contributed by atoms with Gasteiger partial charge in [0, 0.05) is 5.56 Å². The smallest absolute Gasteiger partial charge is 0.416 e. The molecule has 0 aliphatic carbocycles. The van der Waals surface area contributed by atoms with Gasteiger partial charge in [0.15, 0.2) is 12.4 Å². The fourth-order valence-electron chi connectivity index (χ4n) is 1.91. The van der Waals surface area contributed by atoms with E-state index >= 15 is 0 Å². The Balaban J connectivity index is 1.93. The van der Waals surface area contributed by atoms with Gasteiger partial charge in [-0.25, -0.2) is 0 Å². The molecule has 0 amide bonds. The second kappa shape index (κ2) is 7.09. The highest BCUT2D eigenvalue weighted by molar-refractivity contribution is 5.98. The van der Waals surface area contributed by atoms with Gasteiger partial charge in [-0.1, -0.05) is 42.5 Å². The molecule has 0 spiro atoms. The van der Waals surface area contributed by atoms with Crippen molar-refractivity contribution in [2.75, 3.05) is 6.61 Å². The third kappa shape index (κ3) is 4.95. The van der Waals surface area contributed by atoms with Gasteiger partial charge in [0.05, 0.1) is 12.0 Å². The Hall–Kier alpha value is -2.63. The summed E-state index contributed by atoms with van der Waals surface area (Å²) in [4.78, 5) is 23.5. The van der Waals surface area contributed by atoms with E-state index in [1.165, 1.54) is 6.07 Å². The van der Waals surface area contributed by atoms with Crippen LogP contribution in [0, 0.1) is 0 Å². The molecule has 120 valence electrons. The van der Waals surface area contributed by atoms with Crippen LogP contribution in [0.4, 0.5) is 13.2 Å². The van der Waals surface area contributed by atoms with E-state index in [1.54, 1.807) is 30.3 Å². The van der Waals surface area contributed by atoms with Crippen molar-refractivity contribution in [3.63, 3.8) is 0 Å². The van der Waals surface area contributed by atoms with E-state index in [0.29, 0.717) is 0 Å². The molecule has 3 nitrogen and oxygen atoms in total. The van der Waals surface area contributed by atoms with Crippen LogP contribution in [0.1, 0.15) is 21.5 Å². The van der Waals surface area contributed by atoms with Crippen LogP contribution in [-0.2, 0) is 22.1 Å². The molecule has 0 fully saturated rings. The van der Waals surface area contributed by atoms with Crippen molar-refractivity contribution in [3.8, 4) is 0 Å². The molecule has 0 unspecified atom stereocenters. The molecule has 0 aromatic heterocycles. The largest absolute Gasteiger partial charge is 0.457 e. The zero-order chi connectivity index (χ0) is 16.9. The van der Waals surface area contributed by atoms with Crippen LogP contribution >= 0.6 is 0 Å². The van der Waals surface area contributed by atoms with Crippen molar-refractivity contribution in [3.05, 3.63) is 71.3 Å². The standard InChI is InChI=1S/C17H13F3O3/c18-17(19,20)14-8-4-7-13(10-14)15(21)11-23-16(22)9-12-5-2-1-3-6-12/h1-8,10H,9,11H2. The monoisotopic (exact) mass is 322 g/mol. The van der Waals surface area contributed by atoms with Crippen LogP contribution < -0.4 is 0 Å². The average molecular weight is 322 g/mol. The second-order valence-electron chi connectivity index (χ2n) is 4.82. The molecule has 6 heteroatoms. The molecule has 0 aliphatic heterocycles. The SMILES string of the molecule is O=C(Cc1ccccc1)OCC(=O)c1cccc(C(F)(F)F)c1. The Bertz CT molecular complexity index is 694. The lowest BCUT2D eigenvalue weighted by Crippen LogP contribution is -2.16. The van der Waals surface area contributed by atoms with Crippen LogP contribution in [-0.4, -0.2) is 18.4 Å². The van der Waals surface area contributed by atoms with Crippen molar-refractivity contribution in [2.45, 2.75) is 12.6 Å². The molecule has 23 heavy (non-hydrogen) atoms. The number of benzene rings is 2. The summed E-state index contributed by atoms with van der Waals surface area (Å²) in [7, 11) is 0. The fraction of sp³-hybridized carbons (Fsp3) is 0.176. The number of ether oxygens (including phenoxy) is 1. The number of rotatable bonds is 5. The zero-order valence-electron chi connectivity index (χ0n) is 12.0. The molecule has 0 saturated carbocycles. The first-order valence-electron chi connectivity index (χ1n) is 6.76. The van der Waals surface area contributed by atoms with Crippen LogP contribution in [0.2, 0.25) is 0 Å². The van der Waals surface area contributed by atoms with Crippen LogP contribution in [0.3, 0.4) is 0 Å². The van der Waals surface area contributed by atoms with Gasteiger partial charge >= 0.3 is 12.1 Å². The van der Waals surface area contributed by atoms with Crippen molar-refractivity contribution in [1.29, 1.82) is 0 Å². The number of Topliss-reactive ketones (excluding diaryl/α,β-unsaturated/α-hetero) is 1. The minimum atomic E-state index is -4.53. The number of carbonyl (C=O) groups excluding carboxylic acids is 2. The number of esters is 1. The second-order valence-corrected chi connectivity index (χ2v) is 4.82. The minimum absolute atomic E-state index is 0.00326. The molecule has 0 bridgehead atoms. The Morgan fingerprint density at radius 1 is 0.957 bits per heavy atom. The highest BCUT2D eigenvalue weighted by Crippen LogP contribution is 2.29. The van der Waals surface area contributed by atoms with Crippen LogP contribution in [0.25, 0.3) is 0 Å². The summed E-state index contributed by atoms with van der Waals surface area (Å²) in [6.45, 7) is -0.590. The fourth-order valence-corrected chi connectivity index (χ4v) is 1.91. The van der Waals surface area contributed by atoms with E-state index in [-0.39, 0.29) is 12.0 Å². The highest BCUT2D eigenvalue weighted by Gasteiger charge is 2.30. The predicted octanol–water partition coefficient (Wildman–Crippen LogP) is 3.67. The third-order valence-electron chi connectivity index (χ3n) is 3.07. The Labute approximate surface area is 130 Å². The molecule has 0 atom stereocenters. The van der Waals surface area contributed by atoms with Crippen LogP contribution in [0.5, 0.6) is 0 Å². The average Bonchev–Trinajstić information content (AvgIpc) is 2.53. The van der Waals surface area contributed by atoms with Gasteiger partial charge < -0.3 is 4.74 Å². The van der Waals surface area contributed by atoms with Crippen molar-refractivity contribution in [2.24, 2.45) is 0 Å². The first kappa shape index (κ1) is 16.7. The first-order valence-corrected chi connectivity index (χ1v) is 6.76. The molecule has 2 rings (SSSR count). The van der Waals surface area contributed by atoms with Gasteiger partial charge in [0.2, 0.25) is 0 Å². The highest BCUT2D eigenvalue weighted by atomic mass is 19.4. The van der Waals surface area contributed by atoms with E-state index in [9.17, 15) is 22.8 Å². The summed E-state index contributed by atoms with van der Waals surface area (Å²) in [5, 5.41) is 0. The van der Waals surface area contributed by atoms with Crippen molar-refractivity contribution < 1.29 is 27.5 Å². The number of ketones is 1. The summed E-state index contributed by atoms with van der Waals surface area (Å²) in [5.74, 6) is -1.30. The summed E-state index contributed by atoms with van der Waals surface area (Å²) in [6, 6.07) is 12.8.